The SMILES string of the molecule is CSC(CC#N)c1cc(C#N)ccn1. The maximum atomic E-state index is 8.70. The smallest absolute Gasteiger partial charge is 0.0992 e. The van der Waals surface area contributed by atoms with E-state index in [0.29, 0.717) is 12.0 Å². The van der Waals surface area contributed by atoms with E-state index in [2.05, 4.69) is 17.1 Å². The Labute approximate surface area is 87.4 Å². The van der Waals surface area contributed by atoms with Gasteiger partial charge in [-0.1, -0.05) is 0 Å². The van der Waals surface area contributed by atoms with Gasteiger partial charge in [0.15, 0.2) is 0 Å². The highest BCUT2D eigenvalue weighted by molar-refractivity contribution is 7.98. The molecule has 0 saturated heterocycles. The number of aromatic nitrogens is 1. The van der Waals surface area contributed by atoms with Crippen LogP contribution in [0.4, 0.5) is 0 Å². The molecule has 0 bridgehead atoms. The summed E-state index contributed by atoms with van der Waals surface area (Å²) in [7, 11) is 0. The number of hydrogen-bond acceptors (Lipinski definition) is 4. The van der Waals surface area contributed by atoms with Gasteiger partial charge in [0.2, 0.25) is 0 Å². The lowest BCUT2D eigenvalue weighted by Gasteiger charge is -2.09. The summed E-state index contributed by atoms with van der Waals surface area (Å²) in [5.74, 6) is 0. The predicted octanol–water partition coefficient (Wildman–Crippen LogP) is 2.27. The van der Waals surface area contributed by atoms with Crippen LogP contribution in [0.25, 0.3) is 0 Å². The summed E-state index contributed by atoms with van der Waals surface area (Å²) in [6.45, 7) is 0. The minimum absolute atomic E-state index is 0.0632. The summed E-state index contributed by atoms with van der Waals surface area (Å²) in [5.41, 5.74) is 1.39. The molecule has 1 aromatic rings. The van der Waals surface area contributed by atoms with E-state index in [4.69, 9.17) is 10.5 Å². The van der Waals surface area contributed by atoms with Crippen LogP contribution in [0.3, 0.4) is 0 Å². The average molecular weight is 203 g/mol. The monoisotopic (exact) mass is 203 g/mol. The van der Waals surface area contributed by atoms with Gasteiger partial charge in [-0.3, -0.25) is 4.98 Å². The first-order chi connectivity index (χ1) is 6.81. The van der Waals surface area contributed by atoms with E-state index >= 15 is 0 Å². The molecular formula is C10H9N3S. The molecule has 70 valence electrons. The summed E-state index contributed by atoms with van der Waals surface area (Å²) >= 11 is 1.57. The predicted molar refractivity (Wildman–Crippen MR) is 55.4 cm³/mol. The lowest BCUT2D eigenvalue weighted by atomic mass is 10.2. The normalized spacial score (nSPS) is 11.4. The Kier molecular flexibility index (Phi) is 3.97. The van der Waals surface area contributed by atoms with Crippen LogP contribution < -0.4 is 0 Å². The Morgan fingerprint density at radius 2 is 2.36 bits per heavy atom. The second-order valence-electron chi connectivity index (χ2n) is 2.67. The van der Waals surface area contributed by atoms with E-state index in [9.17, 15) is 0 Å². The third kappa shape index (κ3) is 2.48. The van der Waals surface area contributed by atoms with Crippen LogP contribution in [0.2, 0.25) is 0 Å². The van der Waals surface area contributed by atoms with Crippen molar-refractivity contribution < 1.29 is 0 Å². The summed E-state index contributed by atoms with van der Waals surface area (Å²) in [4.78, 5) is 4.15. The number of nitrogens with zero attached hydrogens (tertiary/aromatic N) is 3. The zero-order valence-electron chi connectivity index (χ0n) is 7.77. The van der Waals surface area contributed by atoms with Gasteiger partial charge in [-0.2, -0.15) is 22.3 Å². The molecule has 0 N–H and O–H groups in total. The Balaban J connectivity index is 2.94. The van der Waals surface area contributed by atoms with Crippen LogP contribution in [0.1, 0.15) is 22.9 Å². The van der Waals surface area contributed by atoms with Crippen LogP contribution in [0.15, 0.2) is 18.3 Å². The molecule has 14 heavy (non-hydrogen) atoms. The van der Waals surface area contributed by atoms with E-state index in [0.717, 1.165) is 5.69 Å². The standard InChI is InChI=1S/C10H9N3S/c1-14-10(2-4-11)9-6-8(7-12)3-5-13-9/h3,5-6,10H,2H2,1H3. The molecule has 0 aliphatic heterocycles. The highest BCUT2D eigenvalue weighted by Gasteiger charge is 2.11. The summed E-state index contributed by atoms with van der Waals surface area (Å²) in [5, 5.41) is 17.4. The molecule has 4 heteroatoms. The molecule has 0 spiro atoms. The largest absolute Gasteiger partial charge is 0.260 e. The quantitative estimate of drug-likeness (QED) is 0.756. The van der Waals surface area contributed by atoms with Crippen molar-refractivity contribution in [1.29, 1.82) is 10.5 Å². The number of hydrogen-bond donors (Lipinski definition) is 0. The fraction of sp³-hybridized carbons (Fsp3) is 0.300. The van der Waals surface area contributed by atoms with Gasteiger partial charge in [-0.25, -0.2) is 0 Å². The van der Waals surface area contributed by atoms with Gasteiger partial charge in [0.25, 0.3) is 0 Å². The number of rotatable bonds is 3. The van der Waals surface area contributed by atoms with Crippen LogP contribution in [0, 0.1) is 22.7 Å². The second-order valence-corrected chi connectivity index (χ2v) is 3.71. The van der Waals surface area contributed by atoms with Crippen molar-refractivity contribution in [3.63, 3.8) is 0 Å². The molecule has 0 amide bonds. The van der Waals surface area contributed by atoms with Crippen molar-refractivity contribution in [2.45, 2.75) is 11.7 Å². The van der Waals surface area contributed by atoms with E-state index in [1.165, 1.54) is 0 Å². The van der Waals surface area contributed by atoms with E-state index < -0.39 is 0 Å². The number of nitriles is 2. The molecule has 0 aliphatic rings. The van der Waals surface area contributed by atoms with E-state index in [-0.39, 0.29) is 5.25 Å². The van der Waals surface area contributed by atoms with Gasteiger partial charge >= 0.3 is 0 Å². The highest BCUT2D eigenvalue weighted by Crippen LogP contribution is 2.28. The zero-order valence-corrected chi connectivity index (χ0v) is 8.58. The van der Waals surface area contributed by atoms with Gasteiger partial charge < -0.3 is 0 Å². The topological polar surface area (TPSA) is 60.5 Å². The minimum Gasteiger partial charge on any atom is -0.260 e. The third-order valence-corrected chi connectivity index (χ3v) is 2.78. The first-order valence-corrected chi connectivity index (χ1v) is 5.36. The molecule has 1 rings (SSSR count). The van der Waals surface area contributed by atoms with Gasteiger partial charge in [0, 0.05) is 6.20 Å². The third-order valence-electron chi connectivity index (χ3n) is 1.80. The van der Waals surface area contributed by atoms with Crippen molar-refractivity contribution >= 4 is 11.8 Å². The lowest BCUT2D eigenvalue weighted by Crippen LogP contribution is -1.96. The maximum Gasteiger partial charge on any atom is 0.0992 e. The molecule has 0 saturated carbocycles. The van der Waals surface area contributed by atoms with E-state index in [1.54, 1.807) is 30.1 Å². The van der Waals surface area contributed by atoms with Gasteiger partial charge in [-0.05, 0) is 18.4 Å². The highest BCUT2D eigenvalue weighted by atomic mass is 32.2. The van der Waals surface area contributed by atoms with Crippen LogP contribution in [-0.2, 0) is 0 Å². The van der Waals surface area contributed by atoms with Crippen molar-refractivity contribution in [3.8, 4) is 12.1 Å². The molecule has 0 fully saturated rings. The minimum atomic E-state index is 0.0632. The second kappa shape index (κ2) is 5.26. The molecule has 1 heterocycles. The molecule has 0 radical (unpaired) electrons. The zero-order chi connectivity index (χ0) is 10.4. The molecule has 1 atom stereocenters. The van der Waals surface area contributed by atoms with Crippen molar-refractivity contribution in [2.24, 2.45) is 0 Å². The Morgan fingerprint density at radius 1 is 1.57 bits per heavy atom. The number of pyridine rings is 1. The van der Waals surface area contributed by atoms with E-state index in [1.807, 2.05) is 6.26 Å². The van der Waals surface area contributed by atoms with Crippen molar-refractivity contribution in [2.75, 3.05) is 6.26 Å². The molecular weight excluding hydrogens is 194 g/mol. The summed E-state index contributed by atoms with van der Waals surface area (Å²) in [6, 6.07) is 7.56. The molecule has 1 aromatic heterocycles. The van der Waals surface area contributed by atoms with Crippen LogP contribution >= 0.6 is 11.8 Å². The number of thioether (sulfide) groups is 1. The first kappa shape index (κ1) is 10.6. The fourth-order valence-corrected chi connectivity index (χ4v) is 1.70. The average Bonchev–Trinajstić information content (AvgIpc) is 2.26. The van der Waals surface area contributed by atoms with Crippen molar-refractivity contribution in [3.05, 3.63) is 29.6 Å². The van der Waals surface area contributed by atoms with Gasteiger partial charge in [-0.15, -0.1) is 0 Å². The fourth-order valence-electron chi connectivity index (χ4n) is 1.09. The lowest BCUT2D eigenvalue weighted by molar-refractivity contribution is 0.926. The Bertz CT molecular complexity index is 389. The molecule has 0 aliphatic carbocycles. The molecule has 3 nitrogen and oxygen atoms in total. The molecule has 1 unspecified atom stereocenters. The van der Waals surface area contributed by atoms with Gasteiger partial charge in [0.05, 0.1) is 35.1 Å². The molecule has 0 aromatic carbocycles. The van der Waals surface area contributed by atoms with Crippen molar-refractivity contribution in [1.82, 2.24) is 4.98 Å². The maximum absolute atomic E-state index is 8.70. The summed E-state index contributed by atoms with van der Waals surface area (Å²) < 4.78 is 0. The summed E-state index contributed by atoms with van der Waals surface area (Å²) in [6.07, 6.45) is 3.96. The first-order valence-electron chi connectivity index (χ1n) is 4.07. The van der Waals surface area contributed by atoms with Crippen LogP contribution in [0.5, 0.6) is 0 Å². The Morgan fingerprint density at radius 3 is 2.93 bits per heavy atom. The van der Waals surface area contributed by atoms with Gasteiger partial charge in [0.1, 0.15) is 0 Å². The Hall–Kier alpha value is -1.52. The van der Waals surface area contributed by atoms with Crippen LogP contribution in [-0.4, -0.2) is 11.2 Å².